The van der Waals surface area contributed by atoms with Crippen molar-refractivity contribution in [3.05, 3.63) is 69.6 Å². The summed E-state index contributed by atoms with van der Waals surface area (Å²) in [7, 11) is 0. The number of rotatable bonds is 5. The lowest BCUT2D eigenvalue weighted by Crippen LogP contribution is -2.35. The molecule has 2 N–H and O–H groups in total. The van der Waals surface area contributed by atoms with E-state index in [1.54, 1.807) is 50.2 Å². The quantitative estimate of drug-likeness (QED) is 0.527. The van der Waals surface area contributed by atoms with Crippen LogP contribution in [0.25, 0.3) is 5.69 Å². The lowest BCUT2D eigenvalue weighted by Gasteiger charge is -2.30. The van der Waals surface area contributed by atoms with Crippen molar-refractivity contribution < 1.29 is 14.6 Å². The number of anilines is 2. The van der Waals surface area contributed by atoms with Gasteiger partial charge in [0, 0.05) is 34.0 Å². The van der Waals surface area contributed by atoms with E-state index in [0.29, 0.717) is 39.3 Å². The predicted molar refractivity (Wildman–Crippen MR) is 128 cm³/mol. The molecular formula is C24H23ClN4O4. The van der Waals surface area contributed by atoms with E-state index in [1.807, 2.05) is 6.92 Å². The Hall–Kier alpha value is -3.65. The van der Waals surface area contributed by atoms with Crippen molar-refractivity contribution in [3.8, 4) is 11.4 Å². The average molecular weight is 467 g/mol. The van der Waals surface area contributed by atoms with Gasteiger partial charge in [-0.1, -0.05) is 24.6 Å². The Morgan fingerprint density at radius 1 is 1.24 bits per heavy atom. The molecule has 3 aromatic rings. The first-order chi connectivity index (χ1) is 15.8. The van der Waals surface area contributed by atoms with Gasteiger partial charge in [-0.15, -0.1) is 0 Å². The number of esters is 1. The number of hydrogen-bond donors (Lipinski definition) is 2. The Morgan fingerprint density at radius 3 is 2.64 bits per heavy atom. The topological polar surface area (TPSA) is 106 Å². The van der Waals surface area contributed by atoms with Crippen molar-refractivity contribution in [3.63, 3.8) is 0 Å². The number of aromatic hydroxyl groups is 1. The predicted octanol–water partition coefficient (Wildman–Crippen LogP) is 4.72. The summed E-state index contributed by atoms with van der Waals surface area (Å²) < 4.78 is 6.62. The molecule has 0 amide bonds. The van der Waals surface area contributed by atoms with Crippen molar-refractivity contribution in [2.75, 3.05) is 11.9 Å². The van der Waals surface area contributed by atoms with Crippen molar-refractivity contribution >= 4 is 40.6 Å². The number of aromatic nitrogens is 2. The van der Waals surface area contributed by atoms with Crippen LogP contribution in [-0.2, 0) is 9.53 Å². The summed E-state index contributed by atoms with van der Waals surface area (Å²) >= 11 is 5.99. The Balaban J connectivity index is 1.95. The number of halogens is 1. The first kappa shape index (κ1) is 22.5. The fourth-order valence-electron chi connectivity index (χ4n) is 4.05. The molecule has 0 fully saturated rings. The number of carbonyl (C=O) groups is 1. The monoisotopic (exact) mass is 466 g/mol. The molecule has 0 radical (unpaired) electrons. The molecule has 2 unspecified atom stereocenters. The molecule has 1 aliphatic heterocycles. The molecule has 170 valence electrons. The zero-order valence-electron chi connectivity index (χ0n) is 18.4. The molecule has 2 atom stereocenters. The minimum Gasteiger partial charge on any atom is -0.508 e. The number of carbonyl (C=O) groups excluding carboxylic acids is 1. The normalized spacial score (nSPS) is 17.2. The highest BCUT2D eigenvalue weighted by atomic mass is 35.5. The van der Waals surface area contributed by atoms with Crippen molar-refractivity contribution in [2.24, 2.45) is 10.9 Å². The third kappa shape index (κ3) is 4.34. The second-order valence-corrected chi connectivity index (χ2v) is 8.18. The van der Waals surface area contributed by atoms with Gasteiger partial charge in [0.1, 0.15) is 23.3 Å². The number of benzene rings is 2. The number of fused-ring (bicyclic) bond motifs is 1. The molecule has 2 heterocycles. The molecular weight excluding hydrogens is 444 g/mol. The van der Waals surface area contributed by atoms with E-state index in [0.717, 1.165) is 0 Å². The molecule has 0 saturated heterocycles. The van der Waals surface area contributed by atoms with Gasteiger partial charge in [-0.05, 0) is 50.2 Å². The maximum absolute atomic E-state index is 13.1. The summed E-state index contributed by atoms with van der Waals surface area (Å²) in [4.78, 5) is 34.8. The Bertz CT molecular complexity index is 1300. The van der Waals surface area contributed by atoms with Crippen LogP contribution in [0.15, 0.2) is 58.3 Å². The lowest BCUT2D eigenvalue weighted by atomic mass is 9.82. The van der Waals surface area contributed by atoms with E-state index in [2.05, 4.69) is 15.3 Å². The summed E-state index contributed by atoms with van der Waals surface area (Å²) in [5.41, 5.74) is 1.64. The van der Waals surface area contributed by atoms with Gasteiger partial charge in [-0.3, -0.25) is 4.79 Å². The highest BCUT2D eigenvalue weighted by molar-refractivity contribution is 6.30. The summed E-state index contributed by atoms with van der Waals surface area (Å²) in [5.74, 6) is -0.743. The average Bonchev–Trinajstić information content (AvgIpc) is 2.75. The summed E-state index contributed by atoms with van der Waals surface area (Å²) in [5, 5.41) is 13.7. The molecule has 2 aromatic carbocycles. The van der Waals surface area contributed by atoms with Crippen LogP contribution in [0.3, 0.4) is 0 Å². The maximum atomic E-state index is 13.1. The zero-order chi connectivity index (χ0) is 23.7. The van der Waals surface area contributed by atoms with Crippen LogP contribution in [0.1, 0.15) is 32.3 Å². The smallest absolute Gasteiger partial charge is 0.355 e. The molecule has 1 aromatic heterocycles. The minimum atomic E-state index is -0.625. The van der Waals surface area contributed by atoms with E-state index in [1.165, 1.54) is 16.7 Å². The van der Waals surface area contributed by atoms with Crippen LogP contribution in [0.4, 0.5) is 17.3 Å². The van der Waals surface area contributed by atoms with Crippen LogP contribution in [0.2, 0.25) is 5.02 Å². The number of phenolic OH excluding ortho intramolecular Hbond substituents is 1. The first-order valence-corrected chi connectivity index (χ1v) is 10.9. The second kappa shape index (κ2) is 9.07. The first-order valence-electron chi connectivity index (χ1n) is 10.5. The van der Waals surface area contributed by atoms with Gasteiger partial charge in [-0.25, -0.2) is 14.4 Å². The van der Waals surface area contributed by atoms with Crippen molar-refractivity contribution in [1.29, 1.82) is 0 Å². The van der Waals surface area contributed by atoms with E-state index < -0.39 is 11.6 Å². The van der Waals surface area contributed by atoms with Crippen molar-refractivity contribution in [2.45, 2.75) is 26.7 Å². The fraction of sp³-hybridized carbons (Fsp3) is 0.250. The number of nitrogens with one attached hydrogen (secondary N) is 1. The Labute approximate surface area is 195 Å². The molecule has 1 aliphatic rings. The third-order valence-corrected chi connectivity index (χ3v) is 5.78. The fourth-order valence-corrected chi connectivity index (χ4v) is 4.18. The minimum absolute atomic E-state index is 0.00507. The molecule has 33 heavy (non-hydrogen) atoms. The Morgan fingerprint density at radius 2 is 1.97 bits per heavy atom. The van der Waals surface area contributed by atoms with E-state index in [-0.39, 0.29) is 24.2 Å². The van der Waals surface area contributed by atoms with E-state index in [9.17, 15) is 14.7 Å². The molecule has 0 saturated carbocycles. The standard InChI is InChI=1S/C24H23ClN4O4/c1-4-33-23(31)19-13(2)20-21(27-16-10-8-15(25)9-11-16)28-24(32)29(22(20)26-14(19)3)17-6-5-7-18(30)12-17/h5-13,19,30H,4H2,1-3H3,(H,27,28,32). The number of phenols is 1. The Kier molecular flexibility index (Phi) is 6.20. The highest BCUT2D eigenvalue weighted by Gasteiger charge is 2.38. The largest absolute Gasteiger partial charge is 0.508 e. The number of nitrogens with zero attached hydrogens (tertiary/aromatic N) is 3. The zero-order valence-corrected chi connectivity index (χ0v) is 19.1. The maximum Gasteiger partial charge on any atom is 0.355 e. The van der Waals surface area contributed by atoms with Gasteiger partial charge in [0.15, 0.2) is 0 Å². The van der Waals surface area contributed by atoms with E-state index >= 15 is 0 Å². The molecule has 0 spiro atoms. The second-order valence-electron chi connectivity index (χ2n) is 7.74. The van der Waals surface area contributed by atoms with Crippen LogP contribution < -0.4 is 11.0 Å². The summed E-state index contributed by atoms with van der Waals surface area (Å²) in [6.45, 7) is 5.62. The van der Waals surface area contributed by atoms with E-state index in [4.69, 9.17) is 16.3 Å². The van der Waals surface area contributed by atoms with Crippen LogP contribution in [0.5, 0.6) is 5.75 Å². The molecule has 0 aliphatic carbocycles. The summed E-state index contributed by atoms with van der Waals surface area (Å²) in [6, 6.07) is 13.3. The van der Waals surface area contributed by atoms with Gasteiger partial charge < -0.3 is 15.2 Å². The van der Waals surface area contributed by atoms with Gasteiger partial charge in [-0.2, -0.15) is 4.98 Å². The van der Waals surface area contributed by atoms with Gasteiger partial charge >= 0.3 is 11.7 Å². The molecule has 8 nitrogen and oxygen atoms in total. The SMILES string of the molecule is CCOC(=O)C1C(C)=Nc2c(c(Nc3ccc(Cl)cc3)nc(=O)n2-c2cccc(O)c2)C1C. The number of ether oxygens (including phenoxy) is 1. The number of hydrogen-bond acceptors (Lipinski definition) is 7. The molecule has 0 bridgehead atoms. The highest BCUT2D eigenvalue weighted by Crippen LogP contribution is 2.42. The number of aliphatic imine (C=N–C) groups is 1. The third-order valence-electron chi connectivity index (χ3n) is 5.53. The van der Waals surface area contributed by atoms with Crippen LogP contribution in [-0.4, -0.2) is 32.9 Å². The van der Waals surface area contributed by atoms with Gasteiger partial charge in [0.05, 0.1) is 12.3 Å². The van der Waals surface area contributed by atoms with Crippen LogP contribution >= 0.6 is 11.6 Å². The van der Waals surface area contributed by atoms with Gasteiger partial charge in [0.25, 0.3) is 0 Å². The molecule has 9 heteroatoms. The lowest BCUT2D eigenvalue weighted by molar-refractivity contribution is -0.146. The van der Waals surface area contributed by atoms with Gasteiger partial charge in [0.2, 0.25) is 0 Å². The molecule has 4 rings (SSSR count). The van der Waals surface area contributed by atoms with Crippen LogP contribution in [0, 0.1) is 5.92 Å². The summed E-state index contributed by atoms with van der Waals surface area (Å²) in [6.07, 6.45) is 0. The van der Waals surface area contributed by atoms with Crippen molar-refractivity contribution in [1.82, 2.24) is 9.55 Å².